The molecule has 134 valence electrons. The second-order valence-corrected chi connectivity index (χ2v) is 6.23. The fourth-order valence-corrected chi connectivity index (χ4v) is 2.66. The van der Waals surface area contributed by atoms with Gasteiger partial charge in [0.15, 0.2) is 6.61 Å². The number of rotatable bonds is 6. The Bertz CT molecular complexity index is 927. The van der Waals surface area contributed by atoms with E-state index in [-0.39, 0.29) is 12.5 Å². The summed E-state index contributed by atoms with van der Waals surface area (Å²) in [6.07, 6.45) is 0. The minimum atomic E-state index is -0.132. The van der Waals surface area contributed by atoms with Crippen molar-refractivity contribution in [1.82, 2.24) is 0 Å². The number of amides is 1. The van der Waals surface area contributed by atoms with Gasteiger partial charge in [-0.2, -0.15) is 5.26 Å². The van der Waals surface area contributed by atoms with Crippen LogP contribution in [0, 0.1) is 18.3 Å². The molecule has 4 nitrogen and oxygen atoms in total. The normalized spacial score (nSPS) is 10.1. The largest absolute Gasteiger partial charge is 0.484 e. The van der Waals surface area contributed by atoms with Crippen LogP contribution in [0.25, 0.3) is 0 Å². The summed E-state index contributed by atoms with van der Waals surface area (Å²) in [5.74, 6) is 0.429. The van der Waals surface area contributed by atoms with Gasteiger partial charge in [-0.05, 0) is 48.9 Å². The highest BCUT2D eigenvalue weighted by atomic mass is 16.5. The molecule has 0 bridgehead atoms. The lowest BCUT2D eigenvalue weighted by molar-refractivity contribution is -0.120. The predicted octanol–water partition coefficient (Wildman–Crippen LogP) is 4.48. The van der Waals surface area contributed by atoms with E-state index in [0.717, 1.165) is 16.8 Å². The molecule has 4 heteroatoms. The van der Waals surface area contributed by atoms with E-state index < -0.39 is 0 Å². The van der Waals surface area contributed by atoms with Gasteiger partial charge in [0, 0.05) is 5.69 Å². The Morgan fingerprint density at radius 2 is 1.63 bits per heavy atom. The van der Waals surface area contributed by atoms with Gasteiger partial charge in [0.1, 0.15) is 5.75 Å². The summed E-state index contributed by atoms with van der Waals surface area (Å²) in [4.78, 5) is 14.6. The van der Waals surface area contributed by atoms with Crippen LogP contribution in [-0.4, -0.2) is 12.5 Å². The van der Waals surface area contributed by atoms with Crippen LogP contribution in [0.3, 0.4) is 0 Å². The molecule has 0 aliphatic rings. The second kappa shape index (κ2) is 8.68. The molecule has 3 aromatic rings. The van der Waals surface area contributed by atoms with Gasteiger partial charge in [-0.25, -0.2) is 0 Å². The van der Waals surface area contributed by atoms with Gasteiger partial charge in [-0.1, -0.05) is 48.0 Å². The molecular formula is C23H20N2O2. The third-order valence-corrected chi connectivity index (χ3v) is 4.18. The Balaban J connectivity index is 1.75. The Labute approximate surface area is 159 Å². The van der Waals surface area contributed by atoms with Crippen molar-refractivity contribution in [2.45, 2.75) is 13.5 Å². The number of nitriles is 1. The number of carbonyl (C=O) groups excluding carboxylic acids is 1. The number of anilines is 1. The first-order chi connectivity index (χ1) is 13.2. The minimum absolute atomic E-state index is 0.0768. The van der Waals surface area contributed by atoms with Crippen LogP contribution < -0.4 is 9.64 Å². The van der Waals surface area contributed by atoms with Gasteiger partial charge in [-0.3, -0.25) is 4.79 Å². The number of ether oxygens (including phenoxy) is 1. The van der Waals surface area contributed by atoms with Crippen molar-refractivity contribution in [3.05, 3.63) is 95.6 Å². The summed E-state index contributed by atoms with van der Waals surface area (Å²) in [5, 5.41) is 8.85. The highest BCUT2D eigenvalue weighted by molar-refractivity contribution is 5.94. The molecule has 0 spiro atoms. The number of nitrogens with zero attached hydrogens (tertiary/aromatic N) is 2. The molecule has 27 heavy (non-hydrogen) atoms. The van der Waals surface area contributed by atoms with E-state index in [1.54, 1.807) is 29.2 Å². The van der Waals surface area contributed by atoms with Crippen molar-refractivity contribution in [2.24, 2.45) is 0 Å². The molecule has 0 fully saturated rings. The van der Waals surface area contributed by atoms with Crippen LogP contribution in [0.1, 0.15) is 16.7 Å². The summed E-state index contributed by atoms with van der Waals surface area (Å²) in [7, 11) is 0. The van der Waals surface area contributed by atoms with Crippen LogP contribution in [0.2, 0.25) is 0 Å². The Morgan fingerprint density at radius 1 is 0.963 bits per heavy atom. The van der Waals surface area contributed by atoms with Crippen molar-refractivity contribution >= 4 is 11.6 Å². The van der Waals surface area contributed by atoms with Gasteiger partial charge in [-0.15, -0.1) is 0 Å². The van der Waals surface area contributed by atoms with Gasteiger partial charge in [0.05, 0.1) is 18.2 Å². The standard InChI is InChI=1S/C23H20N2O2/c1-18-7-11-21(12-8-18)25(16-20-5-3-2-4-6-20)23(26)17-27-22-13-9-19(15-24)10-14-22/h2-14H,16-17H2,1H3. The minimum Gasteiger partial charge on any atom is -0.484 e. The number of carbonyl (C=O) groups is 1. The fraction of sp³-hybridized carbons (Fsp3) is 0.130. The third-order valence-electron chi connectivity index (χ3n) is 4.18. The third kappa shape index (κ3) is 4.96. The van der Waals surface area contributed by atoms with Crippen LogP contribution in [0.5, 0.6) is 5.75 Å². The number of hydrogen-bond donors (Lipinski definition) is 0. The number of benzene rings is 3. The van der Waals surface area contributed by atoms with E-state index in [1.807, 2.05) is 61.5 Å². The van der Waals surface area contributed by atoms with Crippen molar-refractivity contribution in [1.29, 1.82) is 5.26 Å². The smallest absolute Gasteiger partial charge is 0.265 e. The number of hydrogen-bond acceptors (Lipinski definition) is 3. The maximum Gasteiger partial charge on any atom is 0.265 e. The molecule has 0 saturated carbocycles. The zero-order chi connectivity index (χ0) is 19.1. The van der Waals surface area contributed by atoms with Gasteiger partial charge in [0.2, 0.25) is 0 Å². The first kappa shape index (κ1) is 18.2. The van der Waals surface area contributed by atoms with E-state index in [4.69, 9.17) is 10.00 Å². The van der Waals surface area contributed by atoms with E-state index in [2.05, 4.69) is 6.07 Å². The summed E-state index contributed by atoms with van der Waals surface area (Å²) in [6.45, 7) is 2.41. The molecule has 3 rings (SSSR count). The maximum absolute atomic E-state index is 12.9. The van der Waals surface area contributed by atoms with Gasteiger partial charge in [0.25, 0.3) is 5.91 Å². The average Bonchev–Trinajstić information content (AvgIpc) is 2.72. The monoisotopic (exact) mass is 356 g/mol. The molecule has 1 amide bonds. The van der Waals surface area contributed by atoms with Crippen molar-refractivity contribution in [3.63, 3.8) is 0 Å². The van der Waals surface area contributed by atoms with Crippen molar-refractivity contribution < 1.29 is 9.53 Å². The molecular weight excluding hydrogens is 336 g/mol. The summed E-state index contributed by atoms with van der Waals surface area (Å²) >= 11 is 0. The lowest BCUT2D eigenvalue weighted by Crippen LogP contribution is -2.34. The molecule has 0 radical (unpaired) electrons. The number of aryl methyl sites for hydroxylation is 1. The Morgan fingerprint density at radius 3 is 2.26 bits per heavy atom. The molecule has 0 aliphatic heterocycles. The topological polar surface area (TPSA) is 53.3 Å². The Kier molecular flexibility index (Phi) is 5.86. The Hall–Kier alpha value is -3.58. The molecule has 0 aliphatic carbocycles. The van der Waals surface area contributed by atoms with E-state index >= 15 is 0 Å². The van der Waals surface area contributed by atoms with Crippen molar-refractivity contribution in [2.75, 3.05) is 11.5 Å². The first-order valence-corrected chi connectivity index (χ1v) is 8.69. The highest BCUT2D eigenvalue weighted by Crippen LogP contribution is 2.19. The molecule has 0 saturated heterocycles. The van der Waals surface area contributed by atoms with Gasteiger partial charge >= 0.3 is 0 Å². The molecule has 3 aromatic carbocycles. The molecule has 0 atom stereocenters. The maximum atomic E-state index is 12.9. The molecule has 0 heterocycles. The summed E-state index contributed by atoms with van der Waals surface area (Å²) in [6, 6.07) is 26.5. The zero-order valence-electron chi connectivity index (χ0n) is 15.1. The first-order valence-electron chi connectivity index (χ1n) is 8.69. The second-order valence-electron chi connectivity index (χ2n) is 6.23. The van der Waals surface area contributed by atoms with E-state index in [1.165, 1.54) is 0 Å². The summed E-state index contributed by atoms with van der Waals surface area (Å²) in [5.41, 5.74) is 3.57. The molecule has 0 N–H and O–H groups in total. The summed E-state index contributed by atoms with van der Waals surface area (Å²) < 4.78 is 5.63. The highest BCUT2D eigenvalue weighted by Gasteiger charge is 2.17. The van der Waals surface area contributed by atoms with Gasteiger partial charge < -0.3 is 9.64 Å². The van der Waals surface area contributed by atoms with Crippen LogP contribution in [0.4, 0.5) is 5.69 Å². The van der Waals surface area contributed by atoms with E-state index in [0.29, 0.717) is 17.9 Å². The quantitative estimate of drug-likeness (QED) is 0.654. The van der Waals surface area contributed by atoms with Crippen LogP contribution in [-0.2, 0) is 11.3 Å². The average molecular weight is 356 g/mol. The predicted molar refractivity (Wildman–Crippen MR) is 105 cm³/mol. The fourth-order valence-electron chi connectivity index (χ4n) is 2.66. The lowest BCUT2D eigenvalue weighted by atomic mass is 10.1. The SMILES string of the molecule is Cc1ccc(N(Cc2ccccc2)C(=O)COc2ccc(C#N)cc2)cc1. The lowest BCUT2D eigenvalue weighted by Gasteiger charge is -2.23. The van der Waals surface area contributed by atoms with Crippen molar-refractivity contribution in [3.8, 4) is 11.8 Å². The van der Waals surface area contributed by atoms with Crippen LogP contribution in [0.15, 0.2) is 78.9 Å². The molecule has 0 aromatic heterocycles. The molecule has 0 unspecified atom stereocenters. The zero-order valence-corrected chi connectivity index (χ0v) is 15.1. The van der Waals surface area contributed by atoms with E-state index in [9.17, 15) is 4.79 Å². The van der Waals surface area contributed by atoms with Crippen LogP contribution >= 0.6 is 0 Å².